The minimum Gasteiger partial charge on any atom is -0.324 e. The first-order chi connectivity index (χ1) is 5.88. The van der Waals surface area contributed by atoms with E-state index < -0.39 is 0 Å². The third-order valence-electron chi connectivity index (χ3n) is 2.58. The number of hydrogen-bond donors (Lipinski definition) is 1. The lowest BCUT2D eigenvalue weighted by Crippen LogP contribution is -2.56. The van der Waals surface area contributed by atoms with Gasteiger partial charge < -0.3 is 10.6 Å². The van der Waals surface area contributed by atoms with E-state index in [4.69, 9.17) is 5.73 Å². The molecule has 0 spiro atoms. The predicted molar refractivity (Wildman–Crippen MR) is 56.8 cm³/mol. The van der Waals surface area contributed by atoms with Gasteiger partial charge in [0.2, 0.25) is 0 Å². The zero-order valence-electron chi connectivity index (χ0n) is 9.38. The van der Waals surface area contributed by atoms with Crippen molar-refractivity contribution in [3.05, 3.63) is 0 Å². The molecule has 3 heteroatoms. The van der Waals surface area contributed by atoms with E-state index in [9.17, 15) is 0 Å². The van der Waals surface area contributed by atoms with Gasteiger partial charge in [0.1, 0.15) is 0 Å². The van der Waals surface area contributed by atoms with E-state index in [0.29, 0.717) is 6.04 Å². The SMILES string of the molecule is CC1CN(C)CCN1CC(C)(C)N. The lowest BCUT2D eigenvalue weighted by atomic mass is 10.0. The highest BCUT2D eigenvalue weighted by molar-refractivity contribution is 4.84. The Morgan fingerprint density at radius 2 is 2.00 bits per heavy atom. The first kappa shape index (κ1) is 11.0. The van der Waals surface area contributed by atoms with Crippen molar-refractivity contribution in [2.45, 2.75) is 32.4 Å². The maximum absolute atomic E-state index is 6.01. The summed E-state index contributed by atoms with van der Waals surface area (Å²) in [6, 6.07) is 0.640. The molecule has 0 aromatic heterocycles. The summed E-state index contributed by atoms with van der Waals surface area (Å²) < 4.78 is 0. The van der Waals surface area contributed by atoms with Gasteiger partial charge in [0.25, 0.3) is 0 Å². The fraction of sp³-hybridized carbons (Fsp3) is 1.00. The Morgan fingerprint density at radius 3 is 2.46 bits per heavy atom. The topological polar surface area (TPSA) is 32.5 Å². The molecule has 0 amide bonds. The Morgan fingerprint density at radius 1 is 1.38 bits per heavy atom. The van der Waals surface area contributed by atoms with Crippen LogP contribution < -0.4 is 5.73 Å². The van der Waals surface area contributed by atoms with Crippen molar-refractivity contribution in [2.75, 3.05) is 33.2 Å². The predicted octanol–water partition coefficient (Wildman–Crippen LogP) is 0.360. The third kappa shape index (κ3) is 3.63. The van der Waals surface area contributed by atoms with Crippen LogP contribution in [0.15, 0.2) is 0 Å². The molecule has 0 bridgehead atoms. The van der Waals surface area contributed by atoms with Gasteiger partial charge in [-0.05, 0) is 27.8 Å². The molecule has 1 fully saturated rings. The maximum Gasteiger partial charge on any atom is 0.0226 e. The highest BCUT2D eigenvalue weighted by Gasteiger charge is 2.25. The van der Waals surface area contributed by atoms with Gasteiger partial charge in [0.05, 0.1) is 0 Å². The van der Waals surface area contributed by atoms with Crippen molar-refractivity contribution in [1.82, 2.24) is 9.80 Å². The molecule has 0 aromatic rings. The molecule has 1 unspecified atom stereocenters. The summed E-state index contributed by atoms with van der Waals surface area (Å²) in [5.41, 5.74) is 5.94. The molecule has 3 nitrogen and oxygen atoms in total. The van der Waals surface area contributed by atoms with Gasteiger partial charge in [-0.15, -0.1) is 0 Å². The Kier molecular flexibility index (Phi) is 3.33. The Hall–Kier alpha value is -0.120. The van der Waals surface area contributed by atoms with E-state index >= 15 is 0 Å². The van der Waals surface area contributed by atoms with Gasteiger partial charge in [0.15, 0.2) is 0 Å². The molecule has 13 heavy (non-hydrogen) atoms. The van der Waals surface area contributed by atoms with Crippen LogP contribution in [0.1, 0.15) is 20.8 Å². The van der Waals surface area contributed by atoms with Crippen molar-refractivity contribution in [3.8, 4) is 0 Å². The van der Waals surface area contributed by atoms with Crippen molar-refractivity contribution >= 4 is 0 Å². The molecule has 1 atom stereocenters. The molecule has 0 saturated carbocycles. The fourth-order valence-electron chi connectivity index (χ4n) is 1.94. The minimum absolute atomic E-state index is 0.0653. The normalized spacial score (nSPS) is 27.9. The van der Waals surface area contributed by atoms with E-state index in [-0.39, 0.29) is 5.54 Å². The van der Waals surface area contributed by atoms with Gasteiger partial charge in [-0.1, -0.05) is 0 Å². The van der Waals surface area contributed by atoms with Crippen molar-refractivity contribution < 1.29 is 0 Å². The second-order valence-corrected chi connectivity index (χ2v) is 5.07. The molecule has 1 aliphatic heterocycles. The van der Waals surface area contributed by atoms with Crippen LogP contribution in [-0.4, -0.2) is 54.6 Å². The van der Waals surface area contributed by atoms with Gasteiger partial charge in [-0.3, -0.25) is 4.90 Å². The first-order valence-electron chi connectivity index (χ1n) is 5.10. The van der Waals surface area contributed by atoms with Crippen molar-refractivity contribution in [1.29, 1.82) is 0 Å². The van der Waals surface area contributed by atoms with E-state index in [0.717, 1.165) is 19.6 Å². The van der Waals surface area contributed by atoms with Crippen LogP contribution in [0.25, 0.3) is 0 Å². The largest absolute Gasteiger partial charge is 0.324 e. The molecule has 1 heterocycles. The molecule has 1 saturated heterocycles. The highest BCUT2D eigenvalue weighted by atomic mass is 15.3. The minimum atomic E-state index is -0.0653. The first-order valence-corrected chi connectivity index (χ1v) is 5.10. The fourth-order valence-corrected chi connectivity index (χ4v) is 1.94. The van der Waals surface area contributed by atoms with Gasteiger partial charge in [-0.25, -0.2) is 0 Å². The van der Waals surface area contributed by atoms with Crippen LogP contribution in [0.3, 0.4) is 0 Å². The van der Waals surface area contributed by atoms with Crippen molar-refractivity contribution in [3.63, 3.8) is 0 Å². The smallest absolute Gasteiger partial charge is 0.0226 e. The lowest BCUT2D eigenvalue weighted by molar-refractivity contribution is 0.0838. The van der Waals surface area contributed by atoms with Gasteiger partial charge >= 0.3 is 0 Å². The summed E-state index contributed by atoms with van der Waals surface area (Å²) >= 11 is 0. The molecule has 0 aromatic carbocycles. The molecule has 1 rings (SSSR count). The number of nitrogens with two attached hydrogens (primary N) is 1. The van der Waals surface area contributed by atoms with Crippen LogP contribution in [0.4, 0.5) is 0 Å². The summed E-state index contributed by atoms with van der Waals surface area (Å²) in [7, 11) is 2.18. The lowest BCUT2D eigenvalue weighted by Gasteiger charge is -2.41. The number of nitrogens with zero attached hydrogens (tertiary/aromatic N) is 2. The second-order valence-electron chi connectivity index (χ2n) is 5.07. The number of likely N-dealkylation sites (N-methyl/N-ethyl adjacent to an activating group) is 1. The van der Waals surface area contributed by atoms with Crippen LogP contribution in [0, 0.1) is 0 Å². The molecule has 0 radical (unpaired) electrons. The quantitative estimate of drug-likeness (QED) is 0.674. The van der Waals surface area contributed by atoms with Crippen molar-refractivity contribution in [2.24, 2.45) is 5.73 Å². The number of piperazine rings is 1. The summed E-state index contributed by atoms with van der Waals surface area (Å²) in [5.74, 6) is 0. The van der Waals surface area contributed by atoms with Crippen LogP contribution in [0.5, 0.6) is 0 Å². The zero-order valence-corrected chi connectivity index (χ0v) is 9.38. The van der Waals surface area contributed by atoms with E-state index in [1.807, 2.05) is 0 Å². The van der Waals surface area contributed by atoms with E-state index in [1.54, 1.807) is 0 Å². The second kappa shape index (κ2) is 3.95. The standard InChI is InChI=1S/C10H23N3/c1-9-7-12(4)5-6-13(9)8-10(2,3)11/h9H,5-8,11H2,1-4H3. The molecule has 2 N–H and O–H groups in total. The molecule has 0 aliphatic carbocycles. The average Bonchev–Trinajstić information content (AvgIpc) is 1.93. The molecule has 78 valence electrons. The molecule has 1 aliphatic rings. The van der Waals surface area contributed by atoms with Gasteiger partial charge in [0, 0.05) is 37.8 Å². The Balaban J connectivity index is 2.43. The van der Waals surface area contributed by atoms with Crippen LogP contribution >= 0.6 is 0 Å². The summed E-state index contributed by atoms with van der Waals surface area (Å²) in [6.45, 7) is 11.0. The van der Waals surface area contributed by atoms with E-state index in [1.165, 1.54) is 6.54 Å². The highest BCUT2D eigenvalue weighted by Crippen LogP contribution is 2.11. The number of rotatable bonds is 2. The van der Waals surface area contributed by atoms with Crippen LogP contribution in [-0.2, 0) is 0 Å². The maximum atomic E-state index is 6.01. The molecular formula is C10H23N3. The number of hydrogen-bond acceptors (Lipinski definition) is 3. The Bertz CT molecular complexity index is 162. The van der Waals surface area contributed by atoms with Gasteiger partial charge in [-0.2, -0.15) is 0 Å². The molecular weight excluding hydrogens is 162 g/mol. The average molecular weight is 185 g/mol. The summed E-state index contributed by atoms with van der Waals surface area (Å²) in [4.78, 5) is 4.87. The zero-order chi connectivity index (χ0) is 10.1. The summed E-state index contributed by atoms with van der Waals surface area (Å²) in [6.07, 6.45) is 0. The monoisotopic (exact) mass is 185 g/mol. The summed E-state index contributed by atoms with van der Waals surface area (Å²) in [5, 5.41) is 0. The van der Waals surface area contributed by atoms with Crippen LogP contribution in [0.2, 0.25) is 0 Å². The third-order valence-corrected chi connectivity index (χ3v) is 2.58. The van der Waals surface area contributed by atoms with E-state index in [2.05, 4.69) is 37.6 Å². The Labute approximate surface area is 81.9 Å².